The molecule has 1 saturated heterocycles. The average Bonchev–Trinajstić information content (AvgIpc) is 2.98. The molecule has 0 spiro atoms. The van der Waals surface area contributed by atoms with Gasteiger partial charge >= 0.3 is 13.5 Å². The minimum absolute atomic E-state index is 0.0426. The van der Waals surface area contributed by atoms with Crippen molar-refractivity contribution in [2.75, 3.05) is 14.2 Å². The summed E-state index contributed by atoms with van der Waals surface area (Å²) in [4.78, 5) is 16.0. The number of ether oxygens (including phenoxy) is 2. The summed E-state index contributed by atoms with van der Waals surface area (Å²) in [5.41, 5.74) is -0.664. The van der Waals surface area contributed by atoms with Gasteiger partial charge in [-0.3, -0.25) is 13.6 Å². The second kappa shape index (κ2) is 8.77. The van der Waals surface area contributed by atoms with Crippen LogP contribution >= 0.6 is 7.82 Å². The first-order valence-corrected chi connectivity index (χ1v) is 9.00. The van der Waals surface area contributed by atoms with Crippen LogP contribution in [0.5, 0.6) is 0 Å². The van der Waals surface area contributed by atoms with Gasteiger partial charge in [0.15, 0.2) is 12.0 Å². The van der Waals surface area contributed by atoms with Crippen molar-refractivity contribution in [2.24, 2.45) is 22.1 Å². The van der Waals surface area contributed by atoms with Gasteiger partial charge in [-0.25, -0.2) is 19.9 Å². The first kappa shape index (κ1) is 20.6. The maximum atomic E-state index is 12.3. The van der Waals surface area contributed by atoms with Crippen LogP contribution in [0.4, 0.5) is 5.82 Å². The molecule has 1 fully saturated rings. The minimum Gasteiger partial charge on any atom is -0.374 e. The summed E-state index contributed by atoms with van der Waals surface area (Å²) in [7, 11) is -1.48. The van der Waals surface area contributed by atoms with Crippen molar-refractivity contribution in [2.45, 2.75) is 37.9 Å². The van der Waals surface area contributed by atoms with E-state index in [-0.39, 0.29) is 5.82 Å². The molecule has 14 heteroatoms. The van der Waals surface area contributed by atoms with Crippen molar-refractivity contribution in [1.29, 1.82) is 0 Å². The average molecular weight is 392 g/mol. The molecule has 0 amide bonds. The molecule has 1 aliphatic heterocycles. The summed E-state index contributed by atoms with van der Waals surface area (Å²) in [5.74, 6) is 9.98. The number of phosphoric acid groups is 1. The zero-order valence-corrected chi connectivity index (χ0v) is 15.3. The van der Waals surface area contributed by atoms with Crippen LogP contribution in [-0.4, -0.2) is 42.1 Å². The highest BCUT2D eigenvalue weighted by atomic mass is 31.2. The highest BCUT2D eigenvalue weighted by Gasteiger charge is 2.50. The van der Waals surface area contributed by atoms with Crippen molar-refractivity contribution in [1.82, 2.24) is 9.55 Å². The third-order valence-corrected chi connectivity index (χ3v) is 5.02. The van der Waals surface area contributed by atoms with Crippen molar-refractivity contribution in [3.8, 4) is 0 Å². The monoisotopic (exact) mass is 392 g/mol. The normalized spacial score (nSPS) is 28.5. The van der Waals surface area contributed by atoms with E-state index < -0.39 is 38.1 Å². The van der Waals surface area contributed by atoms with Crippen LogP contribution in [0.1, 0.15) is 19.6 Å². The van der Waals surface area contributed by atoms with Crippen molar-refractivity contribution >= 4 is 13.6 Å². The molecule has 0 saturated carbocycles. The summed E-state index contributed by atoms with van der Waals surface area (Å²) in [5, 5.41) is 6.56. The van der Waals surface area contributed by atoms with Crippen LogP contribution in [0.25, 0.3) is 0 Å². The summed E-state index contributed by atoms with van der Waals surface area (Å²) in [6, 6.07) is 1.42. The second-order valence-corrected chi connectivity index (χ2v) is 6.85. The number of methoxy groups -OCH3 is 1. The number of hydrogen-bond donors (Lipinski definition) is 2. The maximum Gasteiger partial charge on any atom is 0.491 e. The molecule has 13 nitrogen and oxygen atoms in total. The van der Waals surface area contributed by atoms with E-state index in [0.29, 0.717) is 6.42 Å². The second-order valence-electron chi connectivity index (χ2n) is 5.17. The molecule has 1 aromatic rings. The van der Waals surface area contributed by atoms with E-state index in [4.69, 9.17) is 30.3 Å². The molecule has 0 bridgehead atoms. The Bertz CT molecular complexity index is 735. The summed E-state index contributed by atoms with van der Waals surface area (Å²) < 4.78 is 39.1. The van der Waals surface area contributed by atoms with Gasteiger partial charge in [-0.2, -0.15) is 4.98 Å². The summed E-state index contributed by atoms with van der Waals surface area (Å²) in [6.45, 7) is 1.82. The van der Waals surface area contributed by atoms with E-state index in [1.807, 2.05) is 6.92 Å². The molecule has 2 heterocycles. The van der Waals surface area contributed by atoms with Gasteiger partial charge in [0.05, 0.1) is 6.10 Å². The van der Waals surface area contributed by atoms with Crippen molar-refractivity contribution in [3.05, 3.63) is 22.7 Å². The molecule has 146 valence electrons. The lowest BCUT2D eigenvalue weighted by molar-refractivity contribution is -0.0543. The van der Waals surface area contributed by atoms with Gasteiger partial charge in [0.2, 0.25) is 0 Å². The van der Waals surface area contributed by atoms with E-state index in [9.17, 15) is 9.36 Å². The quantitative estimate of drug-likeness (QED) is 0.275. The van der Waals surface area contributed by atoms with Gasteiger partial charge < -0.3 is 15.3 Å². The van der Waals surface area contributed by atoms with Crippen LogP contribution in [0, 0.1) is 0 Å². The zero-order chi connectivity index (χ0) is 19.3. The Balaban J connectivity index is 2.36. The fourth-order valence-corrected chi connectivity index (χ4v) is 3.39. The van der Waals surface area contributed by atoms with Gasteiger partial charge in [-0.05, 0) is 6.42 Å². The predicted molar refractivity (Wildman–Crippen MR) is 87.0 cm³/mol. The van der Waals surface area contributed by atoms with Crippen LogP contribution in [-0.2, 0) is 27.7 Å². The molecule has 2 rings (SSSR count). The van der Waals surface area contributed by atoms with Gasteiger partial charge in [0, 0.05) is 26.5 Å². The predicted octanol–water partition coefficient (Wildman–Crippen LogP) is 0.553. The van der Waals surface area contributed by atoms with Gasteiger partial charge in [0.1, 0.15) is 12.2 Å². The fourth-order valence-electron chi connectivity index (χ4n) is 2.61. The lowest BCUT2D eigenvalue weighted by Crippen LogP contribution is -2.38. The van der Waals surface area contributed by atoms with Gasteiger partial charge in [-0.1, -0.05) is 12.1 Å². The third kappa shape index (κ3) is 4.15. The fraction of sp³-hybridized carbons (Fsp3) is 0.667. The maximum absolute atomic E-state index is 12.3. The van der Waals surface area contributed by atoms with E-state index in [0.717, 1.165) is 7.11 Å². The number of hydrogen-bond acceptors (Lipinski definition) is 11. The SMILES string of the molecule is CC[C@H]1O[C@@H](n2ccc(N=NN)nc2=O)[C@@H](OC)C1OP(=O)(OC)ON. The number of aromatic nitrogens is 2. The first-order valence-electron chi connectivity index (χ1n) is 7.54. The summed E-state index contributed by atoms with van der Waals surface area (Å²) in [6.07, 6.45) is -1.29. The smallest absolute Gasteiger partial charge is 0.374 e. The molecule has 26 heavy (non-hydrogen) atoms. The molecule has 0 aromatic carbocycles. The van der Waals surface area contributed by atoms with Crippen LogP contribution < -0.4 is 17.4 Å². The largest absolute Gasteiger partial charge is 0.491 e. The van der Waals surface area contributed by atoms with E-state index in [1.165, 1.54) is 23.9 Å². The Hall–Kier alpha value is -1.73. The highest BCUT2D eigenvalue weighted by molar-refractivity contribution is 7.48. The van der Waals surface area contributed by atoms with Crippen LogP contribution in [0.15, 0.2) is 27.4 Å². The number of nitrogens with two attached hydrogens (primary N) is 2. The Labute approximate surface area is 148 Å². The zero-order valence-electron chi connectivity index (χ0n) is 14.4. The van der Waals surface area contributed by atoms with Crippen molar-refractivity contribution in [3.63, 3.8) is 0 Å². The van der Waals surface area contributed by atoms with E-state index >= 15 is 0 Å². The molecular formula is C12H21N6O7P. The molecule has 4 N–H and O–H groups in total. The van der Waals surface area contributed by atoms with Gasteiger partial charge in [-0.15, -0.1) is 5.11 Å². The van der Waals surface area contributed by atoms with Crippen LogP contribution in [0.3, 0.4) is 0 Å². The number of nitrogens with zero attached hydrogens (tertiary/aromatic N) is 4. The Morgan fingerprint density at radius 3 is 2.65 bits per heavy atom. The van der Waals surface area contributed by atoms with Crippen molar-refractivity contribution < 1.29 is 27.7 Å². The highest BCUT2D eigenvalue weighted by Crippen LogP contribution is 2.51. The van der Waals surface area contributed by atoms with Crippen LogP contribution in [0.2, 0.25) is 0 Å². The topological polar surface area (TPSA) is 175 Å². The first-order chi connectivity index (χ1) is 12.4. The molecule has 0 aliphatic carbocycles. The van der Waals surface area contributed by atoms with E-state index in [2.05, 4.69) is 19.9 Å². The number of rotatable bonds is 8. The standard InChI is InChI=1S/C12H21N6O7P/c1-4-7-9(24-26(20,22-3)25-14)10(21-2)11(23-7)18-6-5-8(16-17-13)15-12(18)19/h5-7,9-11H,4,14H2,1-3H3,(H2,13,15,16,19)/t7-,9?,10+,11-,26?/m1/s1. The molecule has 1 aliphatic rings. The molecule has 5 atom stereocenters. The molecule has 1 aromatic heterocycles. The number of phosphoric ester groups is 1. The van der Waals surface area contributed by atoms with E-state index in [1.54, 1.807) is 0 Å². The molecular weight excluding hydrogens is 371 g/mol. The lowest BCUT2D eigenvalue weighted by Gasteiger charge is -2.25. The Morgan fingerprint density at radius 1 is 1.42 bits per heavy atom. The van der Waals surface area contributed by atoms with Gasteiger partial charge in [0.25, 0.3) is 0 Å². The molecule has 0 radical (unpaired) electrons. The Kier molecular flexibility index (Phi) is 6.94. The minimum atomic E-state index is -4.00. The summed E-state index contributed by atoms with van der Waals surface area (Å²) >= 11 is 0. The Morgan fingerprint density at radius 2 is 2.15 bits per heavy atom. The third-order valence-electron chi connectivity index (χ3n) is 3.81. The molecule has 2 unspecified atom stereocenters. The lowest BCUT2D eigenvalue weighted by atomic mass is 10.1.